The van der Waals surface area contributed by atoms with Crippen molar-refractivity contribution in [2.75, 3.05) is 0 Å². The van der Waals surface area contributed by atoms with E-state index in [4.69, 9.17) is 0 Å². The summed E-state index contributed by atoms with van der Waals surface area (Å²) in [6.07, 6.45) is 6.61. The summed E-state index contributed by atoms with van der Waals surface area (Å²) in [5.41, 5.74) is 10.7. The van der Waals surface area contributed by atoms with Gasteiger partial charge in [0.2, 0.25) is 0 Å². The zero-order chi connectivity index (χ0) is 26.3. The summed E-state index contributed by atoms with van der Waals surface area (Å²) in [6.45, 7) is 21.7. The van der Waals surface area contributed by atoms with E-state index in [-0.39, 0.29) is 16.7 Å². The molecule has 1 unspecified atom stereocenters. The molecule has 2 aromatic carbocycles. The van der Waals surface area contributed by atoms with Gasteiger partial charge in [0.1, 0.15) is 5.78 Å². The molecule has 0 amide bonds. The number of benzene rings is 2. The zero-order valence-electron chi connectivity index (χ0n) is 23.1. The predicted octanol–water partition coefficient (Wildman–Crippen LogP) is 9.16. The number of ketones is 1. The lowest BCUT2D eigenvalue weighted by atomic mass is 9.54. The fourth-order valence-corrected chi connectivity index (χ4v) is 6.01. The Labute approximate surface area is 218 Å². The molecule has 0 radical (unpaired) electrons. The molecule has 0 bridgehead atoms. The molecule has 188 valence electrons. The van der Waals surface area contributed by atoms with Crippen molar-refractivity contribution in [1.29, 1.82) is 0 Å². The van der Waals surface area contributed by atoms with Crippen molar-refractivity contribution in [3.8, 4) is 0 Å². The van der Waals surface area contributed by atoms with E-state index >= 15 is 0 Å². The standard InChI is InChI=1S/C35H42O/c1-23(2)34(7,21-28-13-9-24(3)10-14-28)22-33(36)35(8)18-17-32(35)27(6)31-20-30(19-26(31)5)29-15-11-25(4)12-16-29/h9-16,20,32H,1,5,17-19,21-22H2,2-4,6-8H3/b31-27+/t32?,34-,35-/m1/s1. The minimum atomic E-state index is -0.318. The van der Waals surface area contributed by atoms with Crippen LogP contribution in [0.4, 0.5) is 0 Å². The molecule has 0 spiro atoms. The molecule has 36 heavy (non-hydrogen) atoms. The van der Waals surface area contributed by atoms with E-state index in [1.54, 1.807) is 0 Å². The van der Waals surface area contributed by atoms with Crippen LogP contribution in [-0.4, -0.2) is 5.78 Å². The van der Waals surface area contributed by atoms with Gasteiger partial charge in [-0.25, -0.2) is 0 Å². The second kappa shape index (κ2) is 9.85. The quantitative estimate of drug-likeness (QED) is 0.346. The molecule has 0 aromatic heterocycles. The van der Waals surface area contributed by atoms with Gasteiger partial charge in [-0.05, 0) is 92.6 Å². The Kier molecular flexibility index (Phi) is 7.15. The van der Waals surface area contributed by atoms with Crippen molar-refractivity contribution >= 4 is 11.4 Å². The molecular weight excluding hydrogens is 436 g/mol. The molecule has 2 aromatic rings. The highest BCUT2D eigenvalue weighted by Gasteiger charge is 2.50. The fraction of sp³-hybridized carbons (Fsp3) is 0.400. The van der Waals surface area contributed by atoms with Crippen LogP contribution in [0.1, 0.15) is 75.6 Å². The maximum atomic E-state index is 13.9. The van der Waals surface area contributed by atoms with Crippen molar-refractivity contribution in [2.24, 2.45) is 16.7 Å². The van der Waals surface area contributed by atoms with Gasteiger partial charge in [-0.1, -0.05) is 104 Å². The molecule has 4 rings (SSSR count). The lowest BCUT2D eigenvalue weighted by Gasteiger charge is -2.48. The van der Waals surface area contributed by atoms with Crippen molar-refractivity contribution in [3.63, 3.8) is 0 Å². The summed E-state index contributed by atoms with van der Waals surface area (Å²) >= 11 is 0. The fourth-order valence-electron chi connectivity index (χ4n) is 6.01. The summed E-state index contributed by atoms with van der Waals surface area (Å²) in [5.74, 6) is 0.654. The molecule has 1 heteroatoms. The zero-order valence-corrected chi connectivity index (χ0v) is 23.1. The van der Waals surface area contributed by atoms with Crippen LogP contribution in [0, 0.1) is 30.6 Å². The Morgan fingerprint density at radius 2 is 1.61 bits per heavy atom. The highest BCUT2D eigenvalue weighted by atomic mass is 16.1. The Hall–Kier alpha value is -2.93. The van der Waals surface area contributed by atoms with Crippen molar-refractivity contribution in [2.45, 2.75) is 73.6 Å². The molecule has 2 aliphatic carbocycles. The largest absolute Gasteiger partial charge is 0.299 e. The molecule has 0 N–H and O–H groups in total. The van der Waals surface area contributed by atoms with Gasteiger partial charge in [-0.3, -0.25) is 4.79 Å². The van der Waals surface area contributed by atoms with Crippen LogP contribution >= 0.6 is 0 Å². The Balaban J connectivity index is 1.56. The third-order valence-electron chi connectivity index (χ3n) is 9.13. The van der Waals surface area contributed by atoms with Crippen LogP contribution in [0.3, 0.4) is 0 Å². The number of allylic oxidation sites excluding steroid dienone is 6. The number of Topliss-reactive ketones (excluding diaryl/α,β-unsaturated/α-hetero) is 1. The number of aryl methyl sites for hydroxylation is 2. The van der Waals surface area contributed by atoms with E-state index in [0.29, 0.717) is 12.2 Å². The van der Waals surface area contributed by atoms with Crippen LogP contribution in [0.2, 0.25) is 0 Å². The number of rotatable bonds is 8. The summed E-state index contributed by atoms with van der Waals surface area (Å²) in [6, 6.07) is 17.4. The Morgan fingerprint density at radius 3 is 2.14 bits per heavy atom. The lowest BCUT2D eigenvalue weighted by molar-refractivity contribution is -0.138. The van der Waals surface area contributed by atoms with Gasteiger partial charge < -0.3 is 0 Å². The highest BCUT2D eigenvalue weighted by molar-refractivity contribution is 5.87. The van der Waals surface area contributed by atoms with E-state index in [0.717, 1.165) is 31.3 Å². The Morgan fingerprint density at radius 1 is 1.03 bits per heavy atom. The van der Waals surface area contributed by atoms with Gasteiger partial charge in [0.05, 0.1) is 0 Å². The molecule has 0 heterocycles. The lowest BCUT2D eigenvalue weighted by Crippen LogP contribution is -2.47. The first-order valence-corrected chi connectivity index (χ1v) is 13.3. The summed E-state index contributed by atoms with van der Waals surface area (Å²) in [7, 11) is 0. The van der Waals surface area contributed by atoms with Crippen LogP contribution in [-0.2, 0) is 11.2 Å². The van der Waals surface area contributed by atoms with Gasteiger partial charge in [0.15, 0.2) is 0 Å². The van der Waals surface area contributed by atoms with Gasteiger partial charge in [-0.2, -0.15) is 0 Å². The maximum Gasteiger partial charge on any atom is 0.140 e. The van der Waals surface area contributed by atoms with Gasteiger partial charge >= 0.3 is 0 Å². The summed E-state index contributed by atoms with van der Waals surface area (Å²) in [4.78, 5) is 13.9. The smallest absolute Gasteiger partial charge is 0.140 e. The van der Waals surface area contributed by atoms with Gasteiger partial charge in [0, 0.05) is 11.8 Å². The third-order valence-corrected chi connectivity index (χ3v) is 9.13. The molecule has 2 aliphatic rings. The van der Waals surface area contributed by atoms with Crippen molar-refractivity contribution in [3.05, 3.63) is 112 Å². The SMILES string of the molecule is C=C1CC(c2ccc(C)cc2)=C/C1=C(/C)C1CC[C@@]1(C)C(=O)C[C@@](C)(Cc1ccc(C)cc1)C(=C)C. The number of hydrogen-bond donors (Lipinski definition) is 0. The van der Waals surface area contributed by atoms with Crippen LogP contribution < -0.4 is 0 Å². The maximum absolute atomic E-state index is 13.9. The van der Waals surface area contributed by atoms with Crippen LogP contribution in [0.15, 0.2) is 90.1 Å². The Bertz CT molecular complexity index is 1250. The second-order valence-electron chi connectivity index (χ2n) is 12.0. The summed E-state index contributed by atoms with van der Waals surface area (Å²) < 4.78 is 0. The number of carbonyl (C=O) groups is 1. The van der Waals surface area contributed by atoms with Crippen LogP contribution in [0.5, 0.6) is 0 Å². The first kappa shape index (κ1) is 26.1. The second-order valence-corrected chi connectivity index (χ2v) is 12.0. The third kappa shape index (κ3) is 4.99. The molecular formula is C35H42O. The molecule has 1 saturated carbocycles. The molecule has 1 nitrogen and oxygen atoms in total. The minimum absolute atomic E-state index is 0.244. The van der Waals surface area contributed by atoms with E-state index in [1.807, 2.05) is 0 Å². The van der Waals surface area contributed by atoms with E-state index in [9.17, 15) is 4.79 Å². The first-order chi connectivity index (χ1) is 16.9. The predicted molar refractivity (Wildman–Crippen MR) is 154 cm³/mol. The van der Waals surface area contributed by atoms with E-state index in [1.165, 1.54) is 44.5 Å². The number of carbonyl (C=O) groups excluding carboxylic acids is 1. The average Bonchev–Trinajstić information content (AvgIpc) is 3.21. The van der Waals surface area contributed by atoms with Crippen molar-refractivity contribution < 1.29 is 4.79 Å². The normalized spacial score (nSPS) is 24.6. The minimum Gasteiger partial charge on any atom is -0.299 e. The molecule has 0 aliphatic heterocycles. The van der Waals surface area contributed by atoms with Gasteiger partial charge in [-0.15, -0.1) is 0 Å². The molecule has 1 fully saturated rings. The topological polar surface area (TPSA) is 17.1 Å². The molecule has 3 atom stereocenters. The van der Waals surface area contributed by atoms with Gasteiger partial charge in [0.25, 0.3) is 0 Å². The van der Waals surface area contributed by atoms with E-state index < -0.39 is 0 Å². The number of hydrogen-bond acceptors (Lipinski definition) is 1. The van der Waals surface area contributed by atoms with E-state index in [2.05, 4.69) is 109 Å². The highest BCUT2D eigenvalue weighted by Crippen LogP contribution is 2.55. The average molecular weight is 479 g/mol. The molecule has 0 saturated heterocycles. The van der Waals surface area contributed by atoms with Crippen LogP contribution in [0.25, 0.3) is 5.57 Å². The summed E-state index contributed by atoms with van der Waals surface area (Å²) in [5, 5.41) is 0. The monoisotopic (exact) mass is 478 g/mol. The van der Waals surface area contributed by atoms with Crippen molar-refractivity contribution in [1.82, 2.24) is 0 Å². The first-order valence-electron chi connectivity index (χ1n) is 13.3.